The van der Waals surface area contributed by atoms with E-state index in [1.54, 1.807) is 34.5 Å². The lowest BCUT2D eigenvalue weighted by Gasteiger charge is -2.33. The molecule has 1 aliphatic heterocycles. The molecule has 0 aliphatic carbocycles. The van der Waals surface area contributed by atoms with Crippen molar-refractivity contribution >= 4 is 28.8 Å². The Balaban J connectivity index is 1.73. The van der Waals surface area contributed by atoms with E-state index in [0.29, 0.717) is 76.6 Å². The second-order valence-electron chi connectivity index (χ2n) is 11.1. The molecule has 4 aromatic rings. The Hall–Kier alpha value is -3.67. The molecule has 5 rings (SSSR count). The fourth-order valence-electron chi connectivity index (χ4n) is 5.26. The fraction of sp³-hybridized carbons (Fsp3) is 0.375. The van der Waals surface area contributed by atoms with Crippen molar-refractivity contribution in [1.82, 2.24) is 24.8 Å². The predicted octanol–water partition coefficient (Wildman–Crippen LogP) is 6.65. The van der Waals surface area contributed by atoms with Crippen LogP contribution in [0.25, 0.3) is 27.5 Å². The van der Waals surface area contributed by atoms with Crippen LogP contribution in [0.15, 0.2) is 52.8 Å². The van der Waals surface area contributed by atoms with Crippen molar-refractivity contribution in [3.05, 3.63) is 80.3 Å². The normalized spacial score (nSPS) is 15.3. The Morgan fingerprint density at radius 2 is 2.02 bits per heavy atom. The number of piperazine rings is 1. The van der Waals surface area contributed by atoms with Gasteiger partial charge in [0.25, 0.3) is 17.9 Å². The molecule has 1 amide bonds. The van der Waals surface area contributed by atoms with Gasteiger partial charge in [0, 0.05) is 54.6 Å². The molecule has 1 atom stereocenters. The first-order chi connectivity index (χ1) is 21.1. The van der Waals surface area contributed by atoms with Gasteiger partial charge in [-0.2, -0.15) is 0 Å². The molecule has 1 aromatic carbocycles. The second-order valence-corrected chi connectivity index (χ2v) is 12.4. The number of amides is 1. The van der Waals surface area contributed by atoms with E-state index in [2.05, 4.69) is 10.3 Å². The third kappa shape index (κ3) is 6.69. The number of benzene rings is 1. The molecule has 0 spiro atoms. The minimum absolute atomic E-state index is 0.115. The maximum atomic E-state index is 14.5. The summed E-state index contributed by atoms with van der Waals surface area (Å²) in [6.07, 6.45) is -0.900. The molecule has 3 aromatic heterocycles. The number of ether oxygens (including phenoxy) is 1. The number of carbonyl (C=O) groups is 1. The number of nitrogens with zero attached hydrogens (tertiary/aromatic N) is 4. The van der Waals surface area contributed by atoms with Gasteiger partial charge in [-0.3, -0.25) is 19.1 Å². The highest BCUT2D eigenvalue weighted by molar-refractivity contribution is 7.13. The molecule has 8 nitrogen and oxygen atoms in total. The van der Waals surface area contributed by atoms with E-state index >= 15 is 0 Å². The first kappa shape index (κ1) is 31.7. The number of halogens is 3. The summed E-state index contributed by atoms with van der Waals surface area (Å²) in [7, 11) is 0. The van der Waals surface area contributed by atoms with Crippen molar-refractivity contribution in [2.24, 2.45) is 5.92 Å². The molecule has 232 valence electrons. The van der Waals surface area contributed by atoms with Gasteiger partial charge in [0.2, 0.25) is 0 Å². The molecule has 4 heterocycles. The number of alkyl halides is 2. The maximum Gasteiger partial charge on any atom is 0.280 e. The Bertz CT molecular complexity index is 1710. The van der Waals surface area contributed by atoms with E-state index in [4.69, 9.17) is 21.3 Å². The summed E-state index contributed by atoms with van der Waals surface area (Å²) in [6, 6.07) is 9.67. The van der Waals surface area contributed by atoms with Gasteiger partial charge in [-0.15, -0.1) is 11.3 Å². The number of thiazole rings is 1. The van der Waals surface area contributed by atoms with Gasteiger partial charge in [-0.25, -0.2) is 13.8 Å². The molecule has 44 heavy (non-hydrogen) atoms. The van der Waals surface area contributed by atoms with E-state index in [1.165, 1.54) is 34.2 Å². The largest absolute Gasteiger partial charge is 0.494 e. The van der Waals surface area contributed by atoms with E-state index < -0.39 is 6.43 Å². The highest BCUT2D eigenvalue weighted by Gasteiger charge is 2.29. The summed E-state index contributed by atoms with van der Waals surface area (Å²) in [5.41, 5.74) is 1.91. The minimum Gasteiger partial charge on any atom is -0.494 e. The third-order valence-electron chi connectivity index (χ3n) is 7.30. The van der Waals surface area contributed by atoms with E-state index in [9.17, 15) is 18.4 Å². The van der Waals surface area contributed by atoms with Crippen LogP contribution in [0.5, 0.6) is 5.75 Å². The van der Waals surface area contributed by atoms with Crippen LogP contribution < -0.4 is 15.6 Å². The quantitative estimate of drug-likeness (QED) is 0.220. The van der Waals surface area contributed by atoms with Crippen molar-refractivity contribution in [3.63, 3.8) is 0 Å². The SMILES string of the molecule is CCOc1ccc(Cl)c(-n2c(CC(C)C)c(C(=O)N3CCN[C@@H](C)C3)cc(-c3nc(-c4ccc(C(F)F)nc4)cs3)c2=O)c1. The van der Waals surface area contributed by atoms with Crippen LogP contribution >= 0.6 is 22.9 Å². The average molecular weight is 642 g/mol. The molecule has 1 fully saturated rings. The van der Waals surface area contributed by atoms with E-state index in [-0.39, 0.29) is 34.7 Å². The van der Waals surface area contributed by atoms with E-state index in [1.807, 2.05) is 27.7 Å². The van der Waals surface area contributed by atoms with Gasteiger partial charge in [-0.05, 0) is 56.5 Å². The van der Waals surface area contributed by atoms with Crippen molar-refractivity contribution in [2.45, 2.75) is 46.6 Å². The Kier molecular flexibility index (Phi) is 9.77. The van der Waals surface area contributed by atoms with Gasteiger partial charge in [-0.1, -0.05) is 25.4 Å². The zero-order valence-electron chi connectivity index (χ0n) is 24.9. The lowest BCUT2D eigenvalue weighted by atomic mass is 9.99. The molecule has 0 saturated carbocycles. The highest BCUT2D eigenvalue weighted by Crippen LogP contribution is 2.33. The molecule has 12 heteroatoms. The number of pyridine rings is 2. The number of hydrogen-bond acceptors (Lipinski definition) is 7. The molecule has 1 saturated heterocycles. The highest BCUT2D eigenvalue weighted by atomic mass is 35.5. The lowest BCUT2D eigenvalue weighted by Crippen LogP contribution is -2.51. The standard InChI is InChI=1S/C32H34ClF2N5O3S/c1-5-43-21-7-8-24(33)28(13-21)40-27(12-18(2)3)22(31(41)39-11-10-36-19(4)16-39)14-23(32(40)42)30-38-26(17-44-30)20-6-9-25(29(34)35)37-15-20/h6-9,13-15,17-19,29,36H,5,10-12,16H2,1-4H3/t19-/m0/s1. The van der Waals surface area contributed by atoms with Crippen molar-refractivity contribution in [2.75, 3.05) is 26.2 Å². The number of nitrogens with one attached hydrogen (secondary N) is 1. The van der Waals surface area contributed by atoms with Crippen LogP contribution in [-0.4, -0.2) is 57.6 Å². The van der Waals surface area contributed by atoms with Crippen LogP contribution in [0.4, 0.5) is 8.78 Å². The number of hydrogen-bond donors (Lipinski definition) is 1. The maximum absolute atomic E-state index is 14.5. The van der Waals surface area contributed by atoms with Crippen molar-refractivity contribution < 1.29 is 18.3 Å². The summed E-state index contributed by atoms with van der Waals surface area (Å²) < 4.78 is 33.4. The summed E-state index contributed by atoms with van der Waals surface area (Å²) in [4.78, 5) is 39.0. The van der Waals surface area contributed by atoms with Crippen LogP contribution in [0.1, 0.15) is 55.9 Å². The summed E-state index contributed by atoms with van der Waals surface area (Å²) >= 11 is 7.96. The van der Waals surface area contributed by atoms with Gasteiger partial charge in [0.05, 0.1) is 34.1 Å². The molecule has 0 radical (unpaired) electrons. The molecular formula is C32H34ClF2N5O3S. The Labute approximate surface area is 263 Å². The van der Waals surface area contributed by atoms with Gasteiger partial charge >= 0.3 is 0 Å². The predicted molar refractivity (Wildman–Crippen MR) is 169 cm³/mol. The molecule has 1 aliphatic rings. The van der Waals surface area contributed by atoms with Crippen LogP contribution in [0.3, 0.4) is 0 Å². The minimum atomic E-state index is -2.68. The number of carbonyl (C=O) groups excluding carboxylic acids is 1. The average Bonchev–Trinajstić information content (AvgIpc) is 3.48. The van der Waals surface area contributed by atoms with Gasteiger partial charge < -0.3 is 15.0 Å². The van der Waals surface area contributed by atoms with Crippen molar-refractivity contribution in [1.29, 1.82) is 0 Å². The monoisotopic (exact) mass is 641 g/mol. The summed E-state index contributed by atoms with van der Waals surface area (Å²) in [6.45, 7) is 10.1. The third-order valence-corrected chi connectivity index (χ3v) is 8.50. The van der Waals surface area contributed by atoms with E-state index in [0.717, 1.165) is 0 Å². The number of aromatic nitrogens is 3. The summed E-state index contributed by atoms with van der Waals surface area (Å²) in [5, 5.41) is 5.82. The Morgan fingerprint density at radius 3 is 2.68 bits per heavy atom. The zero-order chi connectivity index (χ0) is 31.5. The topological polar surface area (TPSA) is 89.3 Å². The van der Waals surface area contributed by atoms with Gasteiger partial charge in [0.15, 0.2) is 0 Å². The van der Waals surface area contributed by atoms with Crippen molar-refractivity contribution in [3.8, 4) is 33.3 Å². The molecule has 0 unspecified atom stereocenters. The summed E-state index contributed by atoms with van der Waals surface area (Å²) in [5.74, 6) is 0.480. The van der Waals surface area contributed by atoms with Crippen LogP contribution in [-0.2, 0) is 6.42 Å². The first-order valence-electron chi connectivity index (χ1n) is 14.5. The first-order valence-corrected chi connectivity index (χ1v) is 15.8. The number of rotatable bonds is 9. The second kappa shape index (κ2) is 13.5. The molecular weight excluding hydrogens is 608 g/mol. The lowest BCUT2D eigenvalue weighted by molar-refractivity contribution is 0.0707. The van der Waals surface area contributed by atoms with Crippen LogP contribution in [0, 0.1) is 5.92 Å². The van der Waals surface area contributed by atoms with Crippen LogP contribution in [0.2, 0.25) is 5.02 Å². The van der Waals surface area contributed by atoms with Gasteiger partial charge in [0.1, 0.15) is 16.5 Å². The zero-order valence-corrected chi connectivity index (χ0v) is 26.5. The smallest absolute Gasteiger partial charge is 0.280 e. The fourth-order valence-corrected chi connectivity index (χ4v) is 6.30. The molecule has 1 N–H and O–H groups in total. The molecule has 0 bridgehead atoms. The Morgan fingerprint density at radius 1 is 1.23 bits per heavy atom.